The number of halogens is 1. The largest absolute Gasteiger partial charge is 0.489 e. The number of nitrogens with one attached hydrogen (secondary N) is 1. The van der Waals surface area contributed by atoms with Crippen LogP contribution in [0.15, 0.2) is 95.5 Å². The van der Waals surface area contributed by atoms with Crippen LogP contribution in [0.2, 0.25) is 0 Å². The zero-order valence-corrected chi connectivity index (χ0v) is 23.6. The van der Waals surface area contributed by atoms with Crippen molar-refractivity contribution in [2.24, 2.45) is 0 Å². The predicted molar refractivity (Wildman–Crippen MR) is 160 cm³/mol. The molecule has 0 spiro atoms. The summed E-state index contributed by atoms with van der Waals surface area (Å²) in [6, 6.07) is 33.0. The molecule has 0 unspecified atom stereocenters. The van der Waals surface area contributed by atoms with Crippen molar-refractivity contribution >= 4 is 15.9 Å². The Morgan fingerprint density at radius 1 is 0.795 bits per heavy atom. The van der Waals surface area contributed by atoms with Crippen LogP contribution in [0.3, 0.4) is 0 Å². The van der Waals surface area contributed by atoms with Gasteiger partial charge in [-0.2, -0.15) is 5.26 Å². The van der Waals surface area contributed by atoms with Gasteiger partial charge >= 0.3 is 0 Å². The second-order valence-electron chi connectivity index (χ2n) is 10.0. The first-order valence-electron chi connectivity index (χ1n) is 13.6. The lowest BCUT2D eigenvalue weighted by atomic mass is 9.95. The second-order valence-corrected chi connectivity index (χ2v) is 10.8. The van der Waals surface area contributed by atoms with Crippen LogP contribution in [0.4, 0.5) is 0 Å². The van der Waals surface area contributed by atoms with Gasteiger partial charge in [-0.05, 0) is 63.7 Å². The lowest BCUT2D eigenvalue weighted by Gasteiger charge is -2.23. The minimum atomic E-state index is 0.389. The van der Waals surface area contributed by atoms with Gasteiger partial charge in [-0.15, -0.1) is 0 Å². The standard InChI is InChI=1S/C34H33BrN2O2/c35-34-29(13-8-16-32(34)27-11-3-1-4-12-27)24-38-31-18-17-28(22-37-30-14-5-2-6-15-30)33(20-31)39-23-26-10-7-9-25(19-26)21-36/h1,3-4,7-13,16-20,30,37H,2,5-6,14-15,22-24H2. The first kappa shape index (κ1) is 27.0. The molecule has 0 amide bonds. The highest BCUT2D eigenvalue weighted by atomic mass is 79.9. The third-order valence-corrected chi connectivity index (χ3v) is 8.17. The van der Waals surface area contributed by atoms with E-state index in [-0.39, 0.29) is 0 Å². The van der Waals surface area contributed by atoms with E-state index in [0.29, 0.717) is 24.8 Å². The fourth-order valence-corrected chi connectivity index (χ4v) is 5.66. The Morgan fingerprint density at radius 3 is 2.44 bits per heavy atom. The van der Waals surface area contributed by atoms with E-state index in [2.05, 4.69) is 63.7 Å². The van der Waals surface area contributed by atoms with Crippen molar-refractivity contribution in [3.8, 4) is 28.7 Å². The third kappa shape index (κ3) is 7.29. The number of rotatable bonds is 10. The zero-order chi connectivity index (χ0) is 26.9. The zero-order valence-electron chi connectivity index (χ0n) is 22.0. The number of nitrogens with zero attached hydrogens (tertiary/aromatic N) is 1. The molecule has 1 fully saturated rings. The molecule has 5 heteroatoms. The van der Waals surface area contributed by atoms with Gasteiger partial charge in [-0.1, -0.05) is 86.0 Å². The maximum Gasteiger partial charge on any atom is 0.127 e. The molecule has 0 aromatic heterocycles. The van der Waals surface area contributed by atoms with Gasteiger partial charge in [0.1, 0.15) is 24.7 Å². The van der Waals surface area contributed by atoms with E-state index >= 15 is 0 Å². The fraction of sp³-hybridized carbons (Fsp3) is 0.265. The Bertz CT molecular complexity index is 1430. The van der Waals surface area contributed by atoms with Gasteiger partial charge in [-0.25, -0.2) is 0 Å². The van der Waals surface area contributed by atoms with Gasteiger partial charge in [0, 0.05) is 34.3 Å². The molecule has 0 atom stereocenters. The van der Waals surface area contributed by atoms with Crippen LogP contribution in [0.25, 0.3) is 11.1 Å². The highest BCUT2D eigenvalue weighted by Gasteiger charge is 2.15. The summed E-state index contributed by atoms with van der Waals surface area (Å²) in [6.07, 6.45) is 6.39. The van der Waals surface area contributed by atoms with E-state index < -0.39 is 0 Å². The maximum absolute atomic E-state index is 9.26. The summed E-state index contributed by atoms with van der Waals surface area (Å²) in [7, 11) is 0. The molecule has 0 saturated heterocycles. The van der Waals surface area contributed by atoms with Gasteiger partial charge in [-0.3, -0.25) is 0 Å². The Kier molecular flexibility index (Phi) is 9.32. The topological polar surface area (TPSA) is 54.3 Å². The number of hydrogen-bond acceptors (Lipinski definition) is 4. The van der Waals surface area contributed by atoms with Crippen molar-refractivity contribution in [1.29, 1.82) is 5.26 Å². The highest BCUT2D eigenvalue weighted by molar-refractivity contribution is 9.10. The maximum atomic E-state index is 9.26. The van der Waals surface area contributed by atoms with Gasteiger partial charge in [0.2, 0.25) is 0 Å². The van der Waals surface area contributed by atoms with Crippen LogP contribution in [0.5, 0.6) is 11.5 Å². The number of benzene rings is 4. The summed E-state index contributed by atoms with van der Waals surface area (Å²) < 4.78 is 13.6. The van der Waals surface area contributed by atoms with Gasteiger partial charge in [0.15, 0.2) is 0 Å². The molecule has 198 valence electrons. The predicted octanol–water partition coefficient (Wildman–Crippen LogP) is 8.57. The van der Waals surface area contributed by atoms with Crippen LogP contribution in [-0.2, 0) is 19.8 Å². The molecular formula is C34H33BrN2O2. The van der Waals surface area contributed by atoms with E-state index in [1.54, 1.807) is 0 Å². The summed E-state index contributed by atoms with van der Waals surface area (Å²) in [4.78, 5) is 0. The minimum Gasteiger partial charge on any atom is -0.489 e. The van der Waals surface area contributed by atoms with Crippen molar-refractivity contribution in [2.75, 3.05) is 0 Å². The van der Waals surface area contributed by atoms with Crippen molar-refractivity contribution in [3.05, 3.63) is 118 Å². The Labute approximate surface area is 239 Å². The normalized spacial score (nSPS) is 13.5. The molecule has 4 nitrogen and oxygen atoms in total. The molecule has 5 rings (SSSR count). The molecule has 0 radical (unpaired) electrons. The molecule has 1 N–H and O–H groups in total. The average Bonchev–Trinajstić information content (AvgIpc) is 3.00. The van der Waals surface area contributed by atoms with Crippen molar-refractivity contribution in [1.82, 2.24) is 5.32 Å². The van der Waals surface area contributed by atoms with Crippen LogP contribution in [0, 0.1) is 11.3 Å². The first-order valence-corrected chi connectivity index (χ1v) is 14.4. The minimum absolute atomic E-state index is 0.389. The molecule has 0 heterocycles. The number of hydrogen-bond donors (Lipinski definition) is 1. The summed E-state index contributed by atoms with van der Waals surface area (Å²) >= 11 is 3.80. The van der Waals surface area contributed by atoms with Crippen LogP contribution < -0.4 is 14.8 Å². The Hall–Kier alpha value is -3.59. The van der Waals surface area contributed by atoms with Crippen molar-refractivity contribution in [3.63, 3.8) is 0 Å². The number of ether oxygens (including phenoxy) is 2. The lowest BCUT2D eigenvalue weighted by Crippen LogP contribution is -2.30. The quantitative estimate of drug-likeness (QED) is 0.204. The first-order chi connectivity index (χ1) is 19.2. The number of nitriles is 1. The molecule has 1 aliphatic rings. The molecule has 1 aliphatic carbocycles. The molecular weight excluding hydrogens is 548 g/mol. The van der Waals surface area contributed by atoms with Gasteiger partial charge in [0.05, 0.1) is 11.6 Å². The molecule has 0 bridgehead atoms. The Morgan fingerprint density at radius 2 is 1.62 bits per heavy atom. The summed E-state index contributed by atoms with van der Waals surface area (Å²) in [6.45, 7) is 1.58. The highest BCUT2D eigenvalue weighted by Crippen LogP contribution is 2.33. The van der Waals surface area contributed by atoms with Crippen molar-refractivity contribution in [2.45, 2.75) is 57.9 Å². The SMILES string of the molecule is N#Cc1cccc(COc2cc(OCc3cccc(-c4ccccc4)c3Br)ccc2CNC2CCCCC2)c1. The van der Waals surface area contributed by atoms with E-state index in [9.17, 15) is 5.26 Å². The van der Waals surface area contributed by atoms with Crippen LogP contribution in [0.1, 0.15) is 54.4 Å². The molecule has 0 aliphatic heterocycles. The summed E-state index contributed by atoms with van der Waals surface area (Å²) in [5.41, 5.74) is 6.09. The van der Waals surface area contributed by atoms with E-state index in [1.165, 1.54) is 32.1 Å². The summed E-state index contributed by atoms with van der Waals surface area (Å²) in [5, 5.41) is 13.0. The second kappa shape index (κ2) is 13.5. The molecule has 1 saturated carbocycles. The molecule has 4 aromatic carbocycles. The summed E-state index contributed by atoms with van der Waals surface area (Å²) in [5.74, 6) is 1.56. The van der Waals surface area contributed by atoms with E-state index in [0.717, 1.165) is 50.3 Å². The van der Waals surface area contributed by atoms with Crippen LogP contribution >= 0.6 is 15.9 Å². The van der Waals surface area contributed by atoms with Gasteiger partial charge in [0.25, 0.3) is 0 Å². The van der Waals surface area contributed by atoms with Crippen molar-refractivity contribution < 1.29 is 9.47 Å². The third-order valence-electron chi connectivity index (χ3n) is 7.23. The van der Waals surface area contributed by atoms with Crippen LogP contribution in [-0.4, -0.2) is 6.04 Å². The fourth-order valence-electron chi connectivity index (χ4n) is 5.05. The monoisotopic (exact) mass is 580 g/mol. The lowest BCUT2D eigenvalue weighted by molar-refractivity contribution is 0.286. The smallest absolute Gasteiger partial charge is 0.127 e. The van der Waals surface area contributed by atoms with Gasteiger partial charge < -0.3 is 14.8 Å². The molecule has 39 heavy (non-hydrogen) atoms. The average molecular weight is 582 g/mol. The molecule has 4 aromatic rings. The van der Waals surface area contributed by atoms with E-state index in [4.69, 9.17) is 9.47 Å². The van der Waals surface area contributed by atoms with E-state index in [1.807, 2.05) is 54.6 Å². The Balaban J connectivity index is 1.32.